The highest BCUT2D eigenvalue weighted by molar-refractivity contribution is 6.03. The Kier molecular flexibility index (Phi) is 5.15. The lowest BCUT2D eigenvalue weighted by Crippen LogP contribution is -2.57. The number of benzene rings is 2. The van der Waals surface area contributed by atoms with Crippen molar-refractivity contribution in [3.8, 4) is 11.1 Å². The Balaban J connectivity index is 1.25. The van der Waals surface area contributed by atoms with Crippen molar-refractivity contribution in [2.75, 3.05) is 25.0 Å². The fourth-order valence-corrected chi connectivity index (χ4v) is 5.06. The highest BCUT2D eigenvalue weighted by Gasteiger charge is 2.35. The fourth-order valence-electron chi connectivity index (χ4n) is 5.06. The van der Waals surface area contributed by atoms with E-state index >= 15 is 0 Å². The van der Waals surface area contributed by atoms with E-state index in [1.807, 2.05) is 36.4 Å². The molecule has 4 aromatic rings. The quantitative estimate of drug-likeness (QED) is 0.468. The van der Waals surface area contributed by atoms with E-state index in [-0.39, 0.29) is 23.6 Å². The first kappa shape index (κ1) is 20.7. The minimum Gasteiger partial charge on any atom is -0.450 e. The normalized spacial score (nSPS) is 21.5. The molecule has 3 aliphatic heterocycles. The summed E-state index contributed by atoms with van der Waals surface area (Å²) in [6.07, 6.45) is 3.70. The molecule has 2 bridgehead atoms. The Bertz CT molecular complexity index is 1350. The Morgan fingerprint density at radius 2 is 1.82 bits per heavy atom. The molecule has 7 rings (SSSR count). The third-order valence-corrected chi connectivity index (χ3v) is 6.83. The molecular weight excluding hydrogens is 432 g/mol. The van der Waals surface area contributed by atoms with E-state index in [0.717, 1.165) is 49.0 Å². The Labute approximate surface area is 195 Å². The van der Waals surface area contributed by atoms with Gasteiger partial charge < -0.3 is 24.5 Å². The van der Waals surface area contributed by atoms with Gasteiger partial charge in [-0.25, -0.2) is 0 Å². The summed E-state index contributed by atoms with van der Waals surface area (Å²) in [4.78, 5) is 27.7. The predicted octanol–water partition coefficient (Wildman–Crippen LogP) is 4.16. The van der Waals surface area contributed by atoms with Crippen molar-refractivity contribution < 1.29 is 18.5 Å². The first-order valence-corrected chi connectivity index (χ1v) is 11.5. The molecule has 3 saturated heterocycles. The summed E-state index contributed by atoms with van der Waals surface area (Å²) in [7, 11) is 0. The number of aromatic nitrogens is 1. The third-order valence-electron chi connectivity index (χ3n) is 6.83. The second kappa shape index (κ2) is 8.46. The molecule has 3 fully saturated rings. The van der Waals surface area contributed by atoms with E-state index in [0.29, 0.717) is 22.9 Å². The van der Waals surface area contributed by atoms with Gasteiger partial charge in [0.05, 0.1) is 6.20 Å². The monoisotopic (exact) mass is 456 g/mol. The van der Waals surface area contributed by atoms with Crippen molar-refractivity contribution in [1.29, 1.82) is 0 Å². The predicted molar refractivity (Wildman–Crippen MR) is 127 cm³/mol. The summed E-state index contributed by atoms with van der Waals surface area (Å²) in [5.41, 5.74) is 2.96. The average Bonchev–Trinajstić information content (AvgIpc) is 3.55. The standard InChI is InChI=1S/C26H24N4O4/c31-25(22-7-10-27-34-22)28-19-5-1-3-17(13-19)20-6-2-4-18-14-23(33-24(18)20)26(32)29-21-15-30-11-8-16(21)9-12-30/h1-7,10,13-14,16,21H,8-9,11-12,15H2,(H,28,31)(H,29,32)/t21-/m0/s1. The number of piperidine rings is 3. The zero-order valence-electron chi connectivity index (χ0n) is 18.5. The molecule has 172 valence electrons. The van der Waals surface area contributed by atoms with Crippen LogP contribution < -0.4 is 10.6 Å². The molecule has 2 aromatic heterocycles. The van der Waals surface area contributed by atoms with E-state index in [2.05, 4.69) is 20.7 Å². The van der Waals surface area contributed by atoms with E-state index in [1.165, 1.54) is 12.3 Å². The van der Waals surface area contributed by atoms with Crippen LogP contribution in [0.2, 0.25) is 0 Å². The number of hydrogen-bond acceptors (Lipinski definition) is 6. The molecule has 8 nitrogen and oxygen atoms in total. The molecule has 0 saturated carbocycles. The maximum absolute atomic E-state index is 13.0. The van der Waals surface area contributed by atoms with E-state index in [9.17, 15) is 9.59 Å². The Hall–Kier alpha value is -3.91. The van der Waals surface area contributed by atoms with Gasteiger partial charge in [-0.3, -0.25) is 9.59 Å². The van der Waals surface area contributed by atoms with Crippen molar-refractivity contribution in [3.63, 3.8) is 0 Å². The van der Waals surface area contributed by atoms with E-state index in [1.54, 1.807) is 12.1 Å². The van der Waals surface area contributed by atoms with Gasteiger partial charge in [-0.1, -0.05) is 35.5 Å². The molecule has 0 aliphatic carbocycles. The number of fused-ring (bicyclic) bond motifs is 4. The van der Waals surface area contributed by atoms with Crippen molar-refractivity contribution in [2.45, 2.75) is 18.9 Å². The van der Waals surface area contributed by atoms with Crippen LogP contribution in [0.25, 0.3) is 22.1 Å². The number of nitrogens with zero attached hydrogens (tertiary/aromatic N) is 2. The topological polar surface area (TPSA) is 101 Å². The molecule has 8 heteroatoms. The summed E-state index contributed by atoms with van der Waals surface area (Å²) in [6.45, 7) is 3.17. The van der Waals surface area contributed by atoms with Gasteiger partial charge in [-0.05, 0) is 55.6 Å². The maximum atomic E-state index is 13.0. The number of carbonyl (C=O) groups is 2. The van der Waals surface area contributed by atoms with Crippen molar-refractivity contribution in [3.05, 3.63) is 72.3 Å². The smallest absolute Gasteiger partial charge is 0.294 e. The highest BCUT2D eigenvalue weighted by atomic mass is 16.5. The van der Waals surface area contributed by atoms with Gasteiger partial charge in [0.15, 0.2) is 5.76 Å². The number of nitrogens with one attached hydrogen (secondary N) is 2. The molecule has 34 heavy (non-hydrogen) atoms. The van der Waals surface area contributed by atoms with Gasteiger partial charge in [-0.15, -0.1) is 0 Å². The summed E-state index contributed by atoms with van der Waals surface area (Å²) < 4.78 is 11.0. The van der Waals surface area contributed by atoms with Crippen LogP contribution in [-0.4, -0.2) is 47.5 Å². The number of carbonyl (C=O) groups excluding carboxylic acids is 2. The van der Waals surface area contributed by atoms with Crippen molar-refractivity contribution >= 4 is 28.5 Å². The van der Waals surface area contributed by atoms with E-state index < -0.39 is 0 Å². The second-order valence-electron chi connectivity index (χ2n) is 8.96. The summed E-state index contributed by atoms with van der Waals surface area (Å²) in [6, 6.07) is 16.7. The minimum absolute atomic E-state index is 0.136. The van der Waals surface area contributed by atoms with Gasteiger partial charge in [0.25, 0.3) is 11.8 Å². The molecule has 5 heterocycles. The van der Waals surface area contributed by atoms with Crippen LogP contribution in [-0.2, 0) is 0 Å². The third kappa shape index (κ3) is 3.86. The molecule has 0 spiro atoms. The molecule has 2 amide bonds. The van der Waals surface area contributed by atoms with Crippen LogP contribution in [0.1, 0.15) is 34.0 Å². The SMILES string of the molecule is O=C(Nc1cccc(-c2cccc3cc(C(=O)N[C@H]4CN5CCC4CC5)oc23)c1)c1ccno1. The number of anilines is 1. The van der Waals surface area contributed by atoms with Crippen LogP contribution in [0.3, 0.4) is 0 Å². The number of para-hydroxylation sites is 1. The Morgan fingerprint density at radius 1 is 0.971 bits per heavy atom. The van der Waals surface area contributed by atoms with Crippen molar-refractivity contribution in [1.82, 2.24) is 15.4 Å². The first-order chi connectivity index (χ1) is 16.6. The average molecular weight is 457 g/mol. The summed E-state index contributed by atoms with van der Waals surface area (Å²) >= 11 is 0. The largest absolute Gasteiger partial charge is 0.450 e. The Morgan fingerprint density at radius 3 is 2.59 bits per heavy atom. The molecule has 2 aromatic carbocycles. The number of rotatable bonds is 5. The number of amides is 2. The molecular formula is C26H24N4O4. The first-order valence-electron chi connectivity index (χ1n) is 11.5. The lowest BCUT2D eigenvalue weighted by molar-refractivity contribution is 0.0607. The van der Waals surface area contributed by atoms with Gasteiger partial charge in [0.2, 0.25) is 5.76 Å². The zero-order chi connectivity index (χ0) is 23.1. The van der Waals surface area contributed by atoms with E-state index in [4.69, 9.17) is 8.94 Å². The summed E-state index contributed by atoms with van der Waals surface area (Å²) in [5.74, 6) is 0.446. The number of hydrogen-bond donors (Lipinski definition) is 2. The van der Waals surface area contributed by atoms with Gasteiger partial charge in [0, 0.05) is 35.3 Å². The summed E-state index contributed by atoms with van der Waals surface area (Å²) in [5, 5.41) is 10.4. The van der Waals surface area contributed by atoms with Gasteiger partial charge in [-0.2, -0.15) is 0 Å². The molecule has 0 radical (unpaired) electrons. The van der Waals surface area contributed by atoms with Crippen LogP contribution in [0.5, 0.6) is 0 Å². The molecule has 2 N–H and O–H groups in total. The van der Waals surface area contributed by atoms with Crippen molar-refractivity contribution in [2.24, 2.45) is 5.92 Å². The zero-order valence-corrected chi connectivity index (χ0v) is 18.5. The maximum Gasteiger partial charge on any atom is 0.294 e. The minimum atomic E-state index is -0.377. The number of furan rings is 1. The highest BCUT2D eigenvalue weighted by Crippen LogP contribution is 2.33. The lowest BCUT2D eigenvalue weighted by atomic mass is 9.84. The van der Waals surface area contributed by atoms with Gasteiger partial charge >= 0.3 is 0 Å². The fraction of sp³-hybridized carbons (Fsp3) is 0.269. The second-order valence-corrected chi connectivity index (χ2v) is 8.96. The molecule has 3 aliphatic rings. The van der Waals surface area contributed by atoms with Crippen LogP contribution in [0, 0.1) is 5.92 Å². The van der Waals surface area contributed by atoms with Crippen LogP contribution in [0.15, 0.2) is 69.7 Å². The van der Waals surface area contributed by atoms with Crippen LogP contribution in [0.4, 0.5) is 5.69 Å². The molecule has 1 atom stereocenters. The van der Waals surface area contributed by atoms with Crippen LogP contribution >= 0.6 is 0 Å². The van der Waals surface area contributed by atoms with Gasteiger partial charge in [0.1, 0.15) is 5.58 Å². The lowest BCUT2D eigenvalue weighted by Gasteiger charge is -2.44. The molecule has 0 unspecified atom stereocenters.